The lowest BCUT2D eigenvalue weighted by Gasteiger charge is -2.32. The van der Waals surface area contributed by atoms with Gasteiger partial charge in [0.2, 0.25) is 11.8 Å². The Hall–Kier alpha value is -2.44. The summed E-state index contributed by atoms with van der Waals surface area (Å²) < 4.78 is 1.62. The molecule has 2 amide bonds. The van der Waals surface area contributed by atoms with Crippen molar-refractivity contribution in [2.75, 3.05) is 19.6 Å². The Morgan fingerprint density at radius 1 is 1.33 bits per heavy atom. The zero-order valence-corrected chi connectivity index (χ0v) is 13.9. The van der Waals surface area contributed by atoms with Gasteiger partial charge in [-0.1, -0.05) is 24.3 Å². The molecule has 24 heavy (non-hydrogen) atoms. The molecule has 1 saturated heterocycles. The smallest absolute Gasteiger partial charge is 0.244 e. The fourth-order valence-electron chi connectivity index (χ4n) is 3.07. The van der Waals surface area contributed by atoms with Gasteiger partial charge < -0.3 is 10.2 Å². The Kier molecular flexibility index (Phi) is 5.08. The van der Waals surface area contributed by atoms with Crippen molar-refractivity contribution in [2.45, 2.75) is 32.7 Å². The third-order valence-electron chi connectivity index (χ3n) is 4.40. The Morgan fingerprint density at radius 3 is 3.00 bits per heavy atom. The summed E-state index contributed by atoms with van der Waals surface area (Å²) in [6.07, 6.45) is 2.61. The Balaban J connectivity index is 1.63. The molecule has 1 unspecified atom stereocenters. The summed E-state index contributed by atoms with van der Waals surface area (Å²) in [6, 6.07) is 7.58. The molecule has 1 aliphatic heterocycles. The van der Waals surface area contributed by atoms with Crippen molar-refractivity contribution in [3.05, 3.63) is 24.3 Å². The average Bonchev–Trinajstić information content (AvgIpc) is 3.03. The molecule has 1 atom stereocenters. The molecule has 0 saturated carbocycles. The third kappa shape index (κ3) is 3.55. The fraction of sp³-hybridized carbons (Fsp3) is 0.529. The topological polar surface area (TPSA) is 80.1 Å². The quantitative estimate of drug-likeness (QED) is 0.894. The SMILES string of the molecule is CCCNC(=O)C1CCCN(C(=O)Cn2nnc3ccccc32)C1. The molecule has 0 spiro atoms. The maximum atomic E-state index is 12.6. The number of carbonyl (C=O) groups is 2. The van der Waals surface area contributed by atoms with Gasteiger partial charge in [0, 0.05) is 19.6 Å². The molecular formula is C17H23N5O2. The van der Waals surface area contributed by atoms with E-state index in [2.05, 4.69) is 15.6 Å². The van der Waals surface area contributed by atoms with Gasteiger partial charge >= 0.3 is 0 Å². The monoisotopic (exact) mass is 329 g/mol. The van der Waals surface area contributed by atoms with Gasteiger partial charge in [-0.25, -0.2) is 4.68 Å². The van der Waals surface area contributed by atoms with E-state index in [0.717, 1.165) is 30.3 Å². The number of benzene rings is 1. The van der Waals surface area contributed by atoms with Crippen LogP contribution in [0, 0.1) is 5.92 Å². The summed E-state index contributed by atoms with van der Waals surface area (Å²) in [5.74, 6) is -0.0686. The summed E-state index contributed by atoms with van der Waals surface area (Å²) >= 11 is 0. The second kappa shape index (κ2) is 7.42. The Morgan fingerprint density at radius 2 is 2.17 bits per heavy atom. The van der Waals surface area contributed by atoms with E-state index >= 15 is 0 Å². The van der Waals surface area contributed by atoms with Crippen LogP contribution in [0.4, 0.5) is 0 Å². The van der Waals surface area contributed by atoms with Crippen LogP contribution >= 0.6 is 0 Å². The van der Waals surface area contributed by atoms with E-state index in [-0.39, 0.29) is 24.3 Å². The number of nitrogens with zero attached hydrogens (tertiary/aromatic N) is 4. The number of hydrogen-bond acceptors (Lipinski definition) is 4. The molecule has 0 aliphatic carbocycles. The number of amides is 2. The fourth-order valence-corrected chi connectivity index (χ4v) is 3.07. The van der Waals surface area contributed by atoms with Crippen LogP contribution < -0.4 is 5.32 Å². The molecule has 1 aromatic carbocycles. The summed E-state index contributed by atoms with van der Waals surface area (Å²) in [4.78, 5) is 26.5. The highest BCUT2D eigenvalue weighted by molar-refractivity contribution is 5.82. The van der Waals surface area contributed by atoms with Crippen LogP contribution in [0.3, 0.4) is 0 Å². The molecule has 1 fully saturated rings. The summed E-state index contributed by atoms with van der Waals surface area (Å²) in [5, 5.41) is 11.1. The number of piperidine rings is 1. The van der Waals surface area contributed by atoms with E-state index in [4.69, 9.17) is 0 Å². The van der Waals surface area contributed by atoms with E-state index in [1.807, 2.05) is 31.2 Å². The minimum absolute atomic E-state index is 0.0151. The summed E-state index contributed by atoms with van der Waals surface area (Å²) in [7, 11) is 0. The maximum absolute atomic E-state index is 12.6. The van der Waals surface area contributed by atoms with Crippen LogP contribution in [0.2, 0.25) is 0 Å². The van der Waals surface area contributed by atoms with Crippen molar-refractivity contribution >= 4 is 22.8 Å². The van der Waals surface area contributed by atoms with Crippen molar-refractivity contribution in [1.29, 1.82) is 0 Å². The lowest BCUT2D eigenvalue weighted by Crippen LogP contribution is -2.46. The Labute approximate surface area is 141 Å². The largest absolute Gasteiger partial charge is 0.356 e. The van der Waals surface area contributed by atoms with Crippen molar-refractivity contribution < 1.29 is 9.59 Å². The van der Waals surface area contributed by atoms with Crippen molar-refractivity contribution in [2.24, 2.45) is 5.92 Å². The lowest BCUT2D eigenvalue weighted by atomic mass is 9.97. The van der Waals surface area contributed by atoms with Crippen LogP contribution in [0.1, 0.15) is 26.2 Å². The number of nitrogens with one attached hydrogen (secondary N) is 1. The number of hydrogen-bond donors (Lipinski definition) is 1. The predicted molar refractivity (Wildman–Crippen MR) is 90.1 cm³/mol. The standard InChI is InChI=1S/C17H23N5O2/c1-2-9-18-17(24)13-6-5-10-21(11-13)16(23)12-22-15-8-4-3-7-14(15)19-20-22/h3-4,7-8,13H,2,5-6,9-12H2,1H3,(H,18,24). The molecule has 2 aromatic rings. The van der Waals surface area contributed by atoms with Gasteiger partial charge in [-0.3, -0.25) is 9.59 Å². The third-order valence-corrected chi connectivity index (χ3v) is 4.40. The first kappa shape index (κ1) is 16.4. The Bertz CT molecular complexity index is 727. The van der Waals surface area contributed by atoms with E-state index in [1.165, 1.54) is 0 Å². The predicted octanol–water partition coefficient (Wildman–Crippen LogP) is 1.20. The summed E-state index contributed by atoms with van der Waals surface area (Å²) in [6.45, 7) is 4.06. The van der Waals surface area contributed by atoms with E-state index in [1.54, 1.807) is 9.58 Å². The molecule has 128 valence electrons. The second-order valence-corrected chi connectivity index (χ2v) is 6.21. The van der Waals surface area contributed by atoms with Crippen LogP contribution in [-0.4, -0.2) is 51.3 Å². The number of aromatic nitrogens is 3. The first-order chi connectivity index (χ1) is 11.7. The van der Waals surface area contributed by atoms with Gasteiger partial charge in [0.05, 0.1) is 11.4 Å². The van der Waals surface area contributed by atoms with E-state index < -0.39 is 0 Å². The zero-order valence-electron chi connectivity index (χ0n) is 13.9. The molecule has 0 bridgehead atoms. The van der Waals surface area contributed by atoms with Crippen LogP contribution in [0.5, 0.6) is 0 Å². The second-order valence-electron chi connectivity index (χ2n) is 6.21. The van der Waals surface area contributed by atoms with Gasteiger partial charge in [0.1, 0.15) is 12.1 Å². The van der Waals surface area contributed by atoms with E-state index in [9.17, 15) is 9.59 Å². The lowest BCUT2D eigenvalue weighted by molar-refractivity contribution is -0.136. The first-order valence-electron chi connectivity index (χ1n) is 8.52. The highest BCUT2D eigenvalue weighted by atomic mass is 16.2. The maximum Gasteiger partial charge on any atom is 0.244 e. The normalized spacial score (nSPS) is 17.9. The number of rotatable bonds is 5. The molecule has 3 rings (SSSR count). The van der Waals surface area contributed by atoms with Gasteiger partial charge in [0.25, 0.3) is 0 Å². The molecule has 1 N–H and O–H groups in total. The molecule has 7 heteroatoms. The van der Waals surface area contributed by atoms with E-state index in [0.29, 0.717) is 19.6 Å². The van der Waals surface area contributed by atoms with Gasteiger partial charge in [-0.15, -0.1) is 5.10 Å². The highest BCUT2D eigenvalue weighted by Crippen LogP contribution is 2.18. The zero-order chi connectivity index (χ0) is 16.9. The molecule has 1 aliphatic rings. The molecule has 1 aromatic heterocycles. The van der Waals surface area contributed by atoms with Crippen molar-refractivity contribution in [3.63, 3.8) is 0 Å². The molecule has 7 nitrogen and oxygen atoms in total. The molecule has 0 radical (unpaired) electrons. The summed E-state index contributed by atoms with van der Waals surface area (Å²) in [5.41, 5.74) is 1.63. The van der Waals surface area contributed by atoms with Gasteiger partial charge in [-0.2, -0.15) is 0 Å². The van der Waals surface area contributed by atoms with Crippen LogP contribution in [0.25, 0.3) is 11.0 Å². The molecular weight excluding hydrogens is 306 g/mol. The van der Waals surface area contributed by atoms with Crippen LogP contribution in [0.15, 0.2) is 24.3 Å². The number of para-hydroxylation sites is 1. The van der Waals surface area contributed by atoms with Gasteiger partial charge in [0.15, 0.2) is 0 Å². The van der Waals surface area contributed by atoms with Crippen molar-refractivity contribution in [3.8, 4) is 0 Å². The first-order valence-corrected chi connectivity index (χ1v) is 8.52. The number of likely N-dealkylation sites (tertiary alicyclic amines) is 1. The van der Waals surface area contributed by atoms with Crippen LogP contribution in [-0.2, 0) is 16.1 Å². The highest BCUT2D eigenvalue weighted by Gasteiger charge is 2.28. The molecule has 2 heterocycles. The minimum Gasteiger partial charge on any atom is -0.356 e. The number of fused-ring (bicyclic) bond motifs is 1. The average molecular weight is 329 g/mol. The van der Waals surface area contributed by atoms with Gasteiger partial charge in [-0.05, 0) is 31.4 Å². The van der Waals surface area contributed by atoms with Crippen molar-refractivity contribution in [1.82, 2.24) is 25.2 Å². The minimum atomic E-state index is -0.109. The number of carbonyl (C=O) groups excluding carboxylic acids is 2.